The van der Waals surface area contributed by atoms with E-state index < -0.39 is 0 Å². The highest BCUT2D eigenvalue weighted by Crippen LogP contribution is 2.17. The number of amides is 1. The van der Waals surface area contributed by atoms with Gasteiger partial charge in [0.2, 0.25) is 5.91 Å². The van der Waals surface area contributed by atoms with Gasteiger partial charge in [0.05, 0.1) is 18.2 Å². The van der Waals surface area contributed by atoms with Gasteiger partial charge in [-0.1, -0.05) is 19.1 Å². The van der Waals surface area contributed by atoms with E-state index in [0.717, 1.165) is 6.42 Å². The molecule has 2 heterocycles. The Hall–Kier alpha value is -3.87. The highest BCUT2D eigenvalue weighted by Gasteiger charge is 2.18. The number of rotatable bonds is 6. The van der Waals surface area contributed by atoms with Crippen LogP contribution < -0.4 is 15.6 Å². The van der Waals surface area contributed by atoms with Crippen LogP contribution in [-0.4, -0.2) is 27.4 Å². The van der Waals surface area contributed by atoms with Gasteiger partial charge < -0.3 is 10.1 Å². The molecule has 0 aliphatic carbocycles. The summed E-state index contributed by atoms with van der Waals surface area (Å²) in [5.41, 5.74) is 2.76. The molecule has 1 amide bonds. The summed E-state index contributed by atoms with van der Waals surface area (Å²) in [5.74, 6) is 0.444. The van der Waals surface area contributed by atoms with Gasteiger partial charge in [-0.25, -0.2) is 9.67 Å². The van der Waals surface area contributed by atoms with Gasteiger partial charge in [-0.2, -0.15) is 0 Å². The van der Waals surface area contributed by atoms with Gasteiger partial charge in [0.25, 0.3) is 5.56 Å². The third kappa shape index (κ3) is 3.69. The molecule has 0 bridgehead atoms. The van der Waals surface area contributed by atoms with Gasteiger partial charge in [0.1, 0.15) is 12.3 Å². The normalized spacial score (nSPS) is 10.9. The maximum atomic E-state index is 13.1. The molecule has 0 saturated heterocycles. The van der Waals surface area contributed by atoms with Crippen molar-refractivity contribution in [2.24, 2.45) is 0 Å². The first-order chi connectivity index (χ1) is 14.6. The maximum absolute atomic E-state index is 13.1. The Labute approximate surface area is 173 Å². The molecular weight excluding hydrogens is 380 g/mol. The smallest absolute Gasteiger partial charge is 0.280 e. The van der Waals surface area contributed by atoms with E-state index in [0.29, 0.717) is 28.2 Å². The number of ether oxygens (including phenoxy) is 1. The van der Waals surface area contributed by atoms with Crippen molar-refractivity contribution in [1.82, 2.24) is 14.3 Å². The molecular formula is C23H22N4O3. The van der Waals surface area contributed by atoms with E-state index in [9.17, 15) is 9.59 Å². The molecule has 4 rings (SSSR count). The lowest BCUT2D eigenvalue weighted by atomic mass is 10.1. The summed E-state index contributed by atoms with van der Waals surface area (Å²) in [7, 11) is 1.59. The lowest BCUT2D eigenvalue weighted by molar-refractivity contribution is -0.116. The van der Waals surface area contributed by atoms with Crippen LogP contribution >= 0.6 is 0 Å². The zero-order valence-corrected chi connectivity index (χ0v) is 16.8. The minimum absolute atomic E-state index is 0.0582. The number of carbonyl (C=O) groups is 1. The summed E-state index contributed by atoms with van der Waals surface area (Å²) in [5, 5.41) is 3.32. The number of anilines is 1. The van der Waals surface area contributed by atoms with Gasteiger partial charge in [0, 0.05) is 11.9 Å². The molecule has 4 aromatic rings. The fraction of sp³-hybridized carbons (Fsp3) is 0.174. The summed E-state index contributed by atoms with van der Waals surface area (Å²) in [6, 6.07) is 18.2. The van der Waals surface area contributed by atoms with Crippen LogP contribution in [0.4, 0.5) is 5.69 Å². The number of aromatic nitrogens is 3. The van der Waals surface area contributed by atoms with Crippen LogP contribution in [0.5, 0.6) is 5.75 Å². The molecule has 152 valence electrons. The van der Waals surface area contributed by atoms with E-state index in [4.69, 9.17) is 4.74 Å². The second-order valence-electron chi connectivity index (χ2n) is 6.85. The number of aryl methyl sites for hydroxylation is 1. The molecule has 0 saturated carbocycles. The predicted molar refractivity (Wildman–Crippen MR) is 116 cm³/mol. The molecule has 30 heavy (non-hydrogen) atoms. The molecule has 1 N–H and O–H groups in total. The lowest BCUT2D eigenvalue weighted by Gasteiger charge is -2.13. The third-order valence-electron chi connectivity index (χ3n) is 4.95. The molecule has 0 fully saturated rings. The standard InChI is InChI=1S/C23H22N4O3/c1-3-16-6-10-18(11-7-16)27-23(29)20-5-4-14-24-22(20)26(27)15-21(28)25-17-8-12-19(30-2)13-9-17/h4-14H,3,15H2,1-2H3,(H,25,28). The number of carbonyl (C=O) groups excluding carboxylic acids is 1. The minimum Gasteiger partial charge on any atom is -0.497 e. The minimum atomic E-state index is -0.262. The molecule has 0 atom stereocenters. The molecule has 0 unspecified atom stereocenters. The first kappa shape index (κ1) is 19.4. The molecule has 0 aliphatic rings. The molecule has 7 nitrogen and oxygen atoms in total. The third-order valence-corrected chi connectivity index (χ3v) is 4.95. The summed E-state index contributed by atoms with van der Waals surface area (Å²) in [6.45, 7) is 2.02. The molecule has 7 heteroatoms. The molecule has 0 spiro atoms. The van der Waals surface area contributed by atoms with Crippen molar-refractivity contribution in [2.45, 2.75) is 19.9 Å². The molecule has 2 aromatic heterocycles. The highest BCUT2D eigenvalue weighted by molar-refractivity contribution is 5.91. The molecule has 0 radical (unpaired) electrons. The zero-order chi connectivity index (χ0) is 21.1. The summed E-state index contributed by atoms with van der Waals surface area (Å²) in [6.07, 6.45) is 2.52. The van der Waals surface area contributed by atoms with Crippen LogP contribution in [0.15, 0.2) is 71.7 Å². The number of nitrogens with one attached hydrogen (secondary N) is 1. The molecule has 0 aliphatic heterocycles. The van der Waals surface area contributed by atoms with Crippen molar-refractivity contribution in [3.8, 4) is 11.4 Å². The van der Waals surface area contributed by atoms with Crippen molar-refractivity contribution in [3.05, 3.63) is 82.8 Å². The number of hydrogen-bond acceptors (Lipinski definition) is 4. The summed E-state index contributed by atoms with van der Waals surface area (Å²) < 4.78 is 8.25. The summed E-state index contributed by atoms with van der Waals surface area (Å²) >= 11 is 0. The monoisotopic (exact) mass is 402 g/mol. The van der Waals surface area contributed by atoms with Crippen LogP contribution in [0, 0.1) is 0 Å². The van der Waals surface area contributed by atoms with Crippen LogP contribution in [0.2, 0.25) is 0 Å². The van der Waals surface area contributed by atoms with E-state index in [1.165, 1.54) is 10.2 Å². The lowest BCUT2D eigenvalue weighted by Crippen LogP contribution is -2.27. The fourth-order valence-corrected chi connectivity index (χ4v) is 3.37. The Kier molecular flexibility index (Phi) is 5.34. The van der Waals surface area contributed by atoms with Gasteiger partial charge in [-0.05, 0) is 60.5 Å². The van der Waals surface area contributed by atoms with Gasteiger partial charge in [0.15, 0.2) is 5.65 Å². The van der Waals surface area contributed by atoms with E-state index in [1.807, 2.05) is 24.3 Å². The SMILES string of the molecule is CCc1ccc(-n2c(=O)c3cccnc3n2CC(=O)Nc2ccc(OC)cc2)cc1. The predicted octanol–water partition coefficient (Wildman–Crippen LogP) is 3.40. The average molecular weight is 402 g/mol. The number of pyridine rings is 1. The highest BCUT2D eigenvalue weighted by atomic mass is 16.5. The largest absolute Gasteiger partial charge is 0.497 e. The number of benzene rings is 2. The van der Waals surface area contributed by atoms with Crippen LogP contribution in [-0.2, 0) is 17.8 Å². The van der Waals surface area contributed by atoms with Gasteiger partial charge in [-0.15, -0.1) is 0 Å². The van der Waals surface area contributed by atoms with Crippen molar-refractivity contribution in [2.75, 3.05) is 12.4 Å². The number of methoxy groups -OCH3 is 1. The topological polar surface area (TPSA) is 78.2 Å². The number of nitrogens with zero attached hydrogens (tertiary/aromatic N) is 3. The Balaban J connectivity index is 1.71. The zero-order valence-electron chi connectivity index (χ0n) is 16.8. The van der Waals surface area contributed by atoms with Crippen molar-refractivity contribution in [3.63, 3.8) is 0 Å². The van der Waals surface area contributed by atoms with Crippen LogP contribution in [0.1, 0.15) is 12.5 Å². The van der Waals surface area contributed by atoms with Crippen molar-refractivity contribution < 1.29 is 9.53 Å². The first-order valence-corrected chi connectivity index (χ1v) is 9.70. The first-order valence-electron chi connectivity index (χ1n) is 9.70. The van der Waals surface area contributed by atoms with E-state index >= 15 is 0 Å². The summed E-state index contributed by atoms with van der Waals surface area (Å²) in [4.78, 5) is 30.2. The van der Waals surface area contributed by atoms with Crippen LogP contribution in [0.3, 0.4) is 0 Å². The van der Waals surface area contributed by atoms with Gasteiger partial charge >= 0.3 is 0 Å². The Morgan fingerprint density at radius 1 is 1.07 bits per heavy atom. The number of fused-ring (bicyclic) bond motifs is 1. The van der Waals surface area contributed by atoms with E-state index in [2.05, 4.69) is 17.2 Å². The quantitative estimate of drug-likeness (QED) is 0.536. The Morgan fingerprint density at radius 2 is 1.80 bits per heavy atom. The Morgan fingerprint density at radius 3 is 2.47 bits per heavy atom. The molecule has 2 aromatic carbocycles. The number of hydrogen-bond donors (Lipinski definition) is 1. The van der Waals surface area contributed by atoms with Crippen molar-refractivity contribution >= 4 is 22.6 Å². The van der Waals surface area contributed by atoms with Gasteiger partial charge in [-0.3, -0.25) is 14.3 Å². The average Bonchev–Trinajstić information content (AvgIpc) is 3.06. The van der Waals surface area contributed by atoms with E-state index in [-0.39, 0.29) is 18.0 Å². The second kappa shape index (κ2) is 8.24. The van der Waals surface area contributed by atoms with Crippen molar-refractivity contribution in [1.29, 1.82) is 0 Å². The maximum Gasteiger partial charge on any atom is 0.280 e. The Bertz CT molecular complexity index is 1240. The second-order valence-corrected chi connectivity index (χ2v) is 6.85. The van der Waals surface area contributed by atoms with Crippen LogP contribution in [0.25, 0.3) is 16.7 Å². The fourth-order valence-electron chi connectivity index (χ4n) is 3.37. The van der Waals surface area contributed by atoms with E-state index in [1.54, 1.807) is 54.4 Å².